The van der Waals surface area contributed by atoms with Gasteiger partial charge in [-0.15, -0.1) is 0 Å². The lowest BCUT2D eigenvalue weighted by Crippen LogP contribution is -2.34. The van der Waals surface area contributed by atoms with E-state index in [1.165, 1.54) is 0 Å². The minimum absolute atomic E-state index is 0.0750. The Morgan fingerprint density at radius 1 is 1.13 bits per heavy atom. The highest BCUT2D eigenvalue weighted by atomic mass is 79.9. The number of ether oxygens (including phenoxy) is 1. The SMILES string of the molecule is CCCCNC(=O)c1cccc(NC(=S)NC(=O)c2cc(Br)ccc2OC(C)C)c1. The molecule has 3 N–H and O–H groups in total. The molecule has 0 radical (unpaired) electrons. The number of nitrogens with one attached hydrogen (secondary N) is 3. The monoisotopic (exact) mass is 491 g/mol. The van der Waals surface area contributed by atoms with Gasteiger partial charge in [-0.2, -0.15) is 0 Å². The highest BCUT2D eigenvalue weighted by molar-refractivity contribution is 9.10. The van der Waals surface area contributed by atoms with E-state index in [1.54, 1.807) is 36.4 Å². The zero-order valence-electron chi connectivity index (χ0n) is 17.3. The number of anilines is 1. The predicted molar refractivity (Wildman–Crippen MR) is 127 cm³/mol. The number of carbonyl (C=O) groups is 2. The summed E-state index contributed by atoms with van der Waals surface area (Å²) in [6.07, 6.45) is 1.87. The van der Waals surface area contributed by atoms with Gasteiger partial charge >= 0.3 is 0 Å². The van der Waals surface area contributed by atoms with Crippen molar-refractivity contribution in [1.29, 1.82) is 0 Å². The largest absolute Gasteiger partial charge is 0.490 e. The van der Waals surface area contributed by atoms with Gasteiger partial charge in [0.1, 0.15) is 5.75 Å². The first kappa shape index (κ1) is 23.8. The minimum atomic E-state index is -0.391. The lowest BCUT2D eigenvalue weighted by Gasteiger charge is -2.15. The van der Waals surface area contributed by atoms with Crippen molar-refractivity contribution >= 4 is 50.8 Å². The fourth-order valence-electron chi connectivity index (χ4n) is 2.59. The molecule has 0 saturated heterocycles. The van der Waals surface area contributed by atoms with Gasteiger partial charge in [0.2, 0.25) is 0 Å². The van der Waals surface area contributed by atoms with Gasteiger partial charge in [0, 0.05) is 22.3 Å². The van der Waals surface area contributed by atoms with Crippen LogP contribution in [0.25, 0.3) is 0 Å². The maximum Gasteiger partial charge on any atom is 0.261 e. The Labute approximate surface area is 190 Å². The Kier molecular flexibility index (Phi) is 9.26. The van der Waals surface area contributed by atoms with Gasteiger partial charge in [-0.1, -0.05) is 35.3 Å². The molecule has 2 rings (SSSR count). The normalized spacial score (nSPS) is 10.4. The van der Waals surface area contributed by atoms with Gasteiger partial charge in [0.15, 0.2) is 5.11 Å². The van der Waals surface area contributed by atoms with Crippen LogP contribution in [-0.4, -0.2) is 29.6 Å². The molecule has 0 fully saturated rings. The molecule has 0 unspecified atom stereocenters. The number of rotatable bonds is 8. The first-order chi connectivity index (χ1) is 14.3. The first-order valence-electron chi connectivity index (χ1n) is 9.77. The van der Waals surface area contributed by atoms with Crippen LogP contribution in [0.15, 0.2) is 46.9 Å². The molecule has 2 aromatic carbocycles. The van der Waals surface area contributed by atoms with E-state index in [2.05, 4.69) is 38.8 Å². The fraction of sp³-hybridized carbons (Fsp3) is 0.318. The summed E-state index contributed by atoms with van der Waals surface area (Å²) >= 11 is 8.65. The molecule has 0 spiro atoms. The van der Waals surface area contributed by atoms with Crippen LogP contribution in [0.3, 0.4) is 0 Å². The van der Waals surface area contributed by atoms with Crippen LogP contribution in [0.1, 0.15) is 54.3 Å². The average Bonchev–Trinajstić information content (AvgIpc) is 2.69. The highest BCUT2D eigenvalue weighted by Crippen LogP contribution is 2.24. The van der Waals surface area contributed by atoms with Crippen molar-refractivity contribution < 1.29 is 14.3 Å². The number of carbonyl (C=O) groups excluding carboxylic acids is 2. The fourth-order valence-corrected chi connectivity index (χ4v) is 3.16. The second-order valence-electron chi connectivity index (χ2n) is 6.91. The minimum Gasteiger partial charge on any atom is -0.490 e. The number of amides is 2. The number of unbranched alkanes of at least 4 members (excludes halogenated alkanes) is 1. The Morgan fingerprint density at radius 3 is 2.60 bits per heavy atom. The summed E-state index contributed by atoms with van der Waals surface area (Å²) in [6.45, 7) is 6.48. The lowest BCUT2D eigenvalue weighted by molar-refractivity contribution is 0.0949. The van der Waals surface area contributed by atoms with E-state index in [-0.39, 0.29) is 17.1 Å². The summed E-state index contributed by atoms with van der Waals surface area (Å²) in [6, 6.07) is 12.2. The van der Waals surface area contributed by atoms with Gasteiger partial charge < -0.3 is 15.4 Å². The van der Waals surface area contributed by atoms with Crippen LogP contribution >= 0.6 is 28.1 Å². The molecule has 6 nitrogen and oxygen atoms in total. The van der Waals surface area contributed by atoms with E-state index in [1.807, 2.05) is 19.9 Å². The summed E-state index contributed by atoms with van der Waals surface area (Å²) in [5, 5.41) is 8.60. The summed E-state index contributed by atoms with van der Waals surface area (Å²) in [4.78, 5) is 24.9. The van der Waals surface area contributed by atoms with Crippen molar-refractivity contribution in [2.45, 2.75) is 39.7 Å². The standard InChI is InChI=1S/C22H26BrN3O3S/c1-4-5-11-24-20(27)15-7-6-8-17(12-15)25-22(30)26-21(28)18-13-16(23)9-10-19(18)29-14(2)3/h6-10,12-14H,4-5,11H2,1-3H3,(H,24,27)(H2,25,26,28,30). The Morgan fingerprint density at radius 2 is 1.90 bits per heavy atom. The second kappa shape index (κ2) is 11.7. The van der Waals surface area contributed by atoms with Crippen molar-refractivity contribution in [2.75, 3.05) is 11.9 Å². The highest BCUT2D eigenvalue weighted by Gasteiger charge is 2.16. The zero-order chi connectivity index (χ0) is 22.1. The van der Waals surface area contributed by atoms with Crippen LogP contribution in [0.2, 0.25) is 0 Å². The van der Waals surface area contributed by atoms with Crippen molar-refractivity contribution in [3.8, 4) is 5.75 Å². The molecule has 0 aliphatic rings. The van der Waals surface area contributed by atoms with Gasteiger partial charge in [-0.25, -0.2) is 0 Å². The molecule has 0 aromatic heterocycles. The van der Waals surface area contributed by atoms with Gasteiger partial charge in [-0.3, -0.25) is 14.9 Å². The second-order valence-corrected chi connectivity index (χ2v) is 8.23. The number of hydrogen-bond donors (Lipinski definition) is 3. The molecule has 2 aromatic rings. The van der Waals surface area contributed by atoms with E-state index in [0.29, 0.717) is 29.1 Å². The Bertz CT molecular complexity index is 918. The summed E-state index contributed by atoms with van der Waals surface area (Å²) in [5.41, 5.74) is 1.49. The lowest BCUT2D eigenvalue weighted by atomic mass is 10.2. The molecule has 0 saturated carbocycles. The molecular formula is C22H26BrN3O3S. The van der Waals surface area contributed by atoms with Crippen LogP contribution in [-0.2, 0) is 0 Å². The molecule has 160 valence electrons. The maximum absolute atomic E-state index is 12.7. The van der Waals surface area contributed by atoms with Crippen LogP contribution in [0.4, 0.5) is 5.69 Å². The smallest absolute Gasteiger partial charge is 0.261 e. The van der Waals surface area contributed by atoms with Crippen molar-refractivity contribution in [3.63, 3.8) is 0 Å². The van der Waals surface area contributed by atoms with Gasteiger partial charge in [-0.05, 0) is 68.9 Å². The molecule has 0 heterocycles. The molecule has 0 aliphatic heterocycles. The molecule has 2 amide bonds. The van der Waals surface area contributed by atoms with E-state index < -0.39 is 5.91 Å². The Hall–Kier alpha value is -2.45. The number of hydrogen-bond acceptors (Lipinski definition) is 4. The van der Waals surface area contributed by atoms with Crippen LogP contribution in [0.5, 0.6) is 5.75 Å². The number of thiocarbonyl (C=S) groups is 1. The van der Waals surface area contributed by atoms with Crippen LogP contribution in [0, 0.1) is 0 Å². The van der Waals surface area contributed by atoms with E-state index in [0.717, 1.165) is 17.3 Å². The van der Waals surface area contributed by atoms with Crippen molar-refractivity contribution in [3.05, 3.63) is 58.1 Å². The first-order valence-corrected chi connectivity index (χ1v) is 11.0. The zero-order valence-corrected chi connectivity index (χ0v) is 19.7. The van der Waals surface area contributed by atoms with E-state index in [4.69, 9.17) is 17.0 Å². The molecule has 0 aliphatic carbocycles. The quantitative estimate of drug-likeness (QED) is 0.361. The van der Waals surface area contributed by atoms with Gasteiger partial charge in [0.05, 0.1) is 11.7 Å². The van der Waals surface area contributed by atoms with Gasteiger partial charge in [0.25, 0.3) is 11.8 Å². The summed E-state index contributed by atoms with van der Waals surface area (Å²) in [5.74, 6) is -0.0659. The number of benzene rings is 2. The summed E-state index contributed by atoms with van der Waals surface area (Å²) in [7, 11) is 0. The maximum atomic E-state index is 12.7. The molecule has 30 heavy (non-hydrogen) atoms. The third kappa shape index (κ3) is 7.42. The van der Waals surface area contributed by atoms with Crippen molar-refractivity contribution in [2.24, 2.45) is 0 Å². The van der Waals surface area contributed by atoms with Crippen molar-refractivity contribution in [1.82, 2.24) is 10.6 Å². The predicted octanol–water partition coefficient (Wildman–Crippen LogP) is 4.89. The molecule has 8 heteroatoms. The third-order valence-corrected chi connectivity index (χ3v) is 4.67. The molecular weight excluding hydrogens is 466 g/mol. The molecule has 0 atom stereocenters. The average molecular weight is 492 g/mol. The Balaban J connectivity index is 2.04. The van der Waals surface area contributed by atoms with E-state index >= 15 is 0 Å². The van der Waals surface area contributed by atoms with Crippen LogP contribution < -0.4 is 20.7 Å². The third-order valence-electron chi connectivity index (χ3n) is 3.97. The van der Waals surface area contributed by atoms with E-state index in [9.17, 15) is 9.59 Å². The number of halogens is 1. The molecule has 0 bridgehead atoms. The summed E-state index contributed by atoms with van der Waals surface area (Å²) < 4.78 is 6.47. The topological polar surface area (TPSA) is 79.5 Å².